The van der Waals surface area contributed by atoms with E-state index in [1.807, 2.05) is 24.3 Å². The molecular formula is C21H24N2O3. The Labute approximate surface area is 154 Å². The highest BCUT2D eigenvalue weighted by atomic mass is 16.5. The van der Waals surface area contributed by atoms with Crippen molar-refractivity contribution in [1.82, 2.24) is 0 Å². The zero-order valence-electron chi connectivity index (χ0n) is 15.6. The van der Waals surface area contributed by atoms with E-state index >= 15 is 0 Å². The number of rotatable bonds is 4. The summed E-state index contributed by atoms with van der Waals surface area (Å²) in [7, 11) is 1.55. The predicted molar refractivity (Wildman–Crippen MR) is 103 cm³/mol. The molecule has 2 aromatic rings. The molecule has 1 aliphatic heterocycles. The van der Waals surface area contributed by atoms with Crippen LogP contribution in [0.5, 0.6) is 5.75 Å². The van der Waals surface area contributed by atoms with Crippen LogP contribution in [0.15, 0.2) is 48.5 Å². The van der Waals surface area contributed by atoms with E-state index in [0.29, 0.717) is 11.4 Å². The van der Waals surface area contributed by atoms with Crippen LogP contribution in [0, 0.1) is 0 Å². The summed E-state index contributed by atoms with van der Waals surface area (Å²) in [6, 6.07) is 14.4. The number of hydrogen-bond donors (Lipinski definition) is 1. The molecule has 0 spiro atoms. The van der Waals surface area contributed by atoms with Gasteiger partial charge in [-0.05, 0) is 35.2 Å². The van der Waals surface area contributed by atoms with E-state index in [1.165, 1.54) is 10.5 Å². The van der Waals surface area contributed by atoms with E-state index in [4.69, 9.17) is 4.74 Å². The van der Waals surface area contributed by atoms with E-state index in [2.05, 4.69) is 26.1 Å². The molecular weight excluding hydrogens is 328 g/mol. The maximum atomic E-state index is 12.7. The van der Waals surface area contributed by atoms with Gasteiger partial charge in [0.1, 0.15) is 11.8 Å². The summed E-state index contributed by atoms with van der Waals surface area (Å²) in [6.07, 6.45) is 0.136. The summed E-state index contributed by atoms with van der Waals surface area (Å²) in [4.78, 5) is 26.4. The Morgan fingerprint density at radius 3 is 2.38 bits per heavy atom. The minimum absolute atomic E-state index is 0.0703. The van der Waals surface area contributed by atoms with Gasteiger partial charge >= 0.3 is 0 Å². The standard InChI is InChI=1S/C21H24N2O3/c1-21(2,3)14-8-10-15(11-9-14)22-18-13-19(24)23(20(18)25)16-6-5-7-17(12-16)26-4/h5-12,18,22H,13H2,1-4H3. The largest absolute Gasteiger partial charge is 0.497 e. The number of nitrogens with zero attached hydrogens (tertiary/aromatic N) is 1. The maximum Gasteiger partial charge on any atom is 0.256 e. The van der Waals surface area contributed by atoms with Gasteiger partial charge in [0, 0.05) is 11.8 Å². The van der Waals surface area contributed by atoms with Gasteiger partial charge in [-0.25, -0.2) is 4.90 Å². The predicted octanol–water partition coefficient (Wildman–Crippen LogP) is 3.74. The van der Waals surface area contributed by atoms with E-state index in [-0.39, 0.29) is 23.7 Å². The molecule has 136 valence electrons. The second-order valence-electron chi connectivity index (χ2n) is 7.50. The number of ether oxygens (including phenoxy) is 1. The molecule has 0 aromatic heterocycles. The van der Waals surface area contributed by atoms with Gasteiger partial charge in [0.2, 0.25) is 5.91 Å². The van der Waals surface area contributed by atoms with Crippen LogP contribution in [-0.4, -0.2) is 25.0 Å². The van der Waals surface area contributed by atoms with Gasteiger partial charge in [-0.2, -0.15) is 0 Å². The third kappa shape index (κ3) is 3.57. The maximum absolute atomic E-state index is 12.7. The Kier molecular flexibility index (Phi) is 4.72. The lowest BCUT2D eigenvalue weighted by atomic mass is 9.87. The van der Waals surface area contributed by atoms with Crippen LogP contribution in [0.2, 0.25) is 0 Å². The van der Waals surface area contributed by atoms with Gasteiger partial charge in [-0.15, -0.1) is 0 Å². The van der Waals surface area contributed by atoms with Crippen LogP contribution in [0.4, 0.5) is 11.4 Å². The molecule has 1 unspecified atom stereocenters. The summed E-state index contributed by atoms with van der Waals surface area (Å²) in [5, 5.41) is 3.18. The number of anilines is 2. The van der Waals surface area contributed by atoms with E-state index < -0.39 is 6.04 Å². The molecule has 0 bridgehead atoms. The van der Waals surface area contributed by atoms with Gasteiger partial charge in [0.05, 0.1) is 19.2 Å². The van der Waals surface area contributed by atoms with E-state index in [1.54, 1.807) is 31.4 Å². The molecule has 26 heavy (non-hydrogen) atoms. The Morgan fingerprint density at radius 2 is 1.77 bits per heavy atom. The molecule has 1 saturated heterocycles. The minimum Gasteiger partial charge on any atom is -0.497 e. The van der Waals surface area contributed by atoms with Crippen LogP contribution in [-0.2, 0) is 15.0 Å². The zero-order chi connectivity index (χ0) is 18.9. The number of benzene rings is 2. The Bertz CT molecular complexity index is 822. The Hall–Kier alpha value is -2.82. The highest BCUT2D eigenvalue weighted by molar-refractivity contribution is 6.23. The number of methoxy groups -OCH3 is 1. The monoisotopic (exact) mass is 352 g/mol. The summed E-state index contributed by atoms with van der Waals surface area (Å²) in [5.41, 5.74) is 2.65. The van der Waals surface area contributed by atoms with Crippen molar-refractivity contribution in [2.75, 3.05) is 17.3 Å². The average Bonchev–Trinajstić information content (AvgIpc) is 2.88. The molecule has 1 aliphatic rings. The smallest absolute Gasteiger partial charge is 0.256 e. The first-order chi connectivity index (χ1) is 12.3. The molecule has 1 heterocycles. The molecule has 0 aliphatic carbocycles. The second-order valence-corrected chi connectivity index (χ2v) is 7.50. The molecule has 0 saturated carbocycles. The highest BCUT2D eigenvalue weighted by Gasteiger charge is 2.39. The van der Waals surface area contributed by atoms with Gasteiger partial charge in [-0.1, -0.05) is 39.0 Å². The van der Waals surface area contributed by atoms with Crippen LogP contribution in [0.1, 0.15) is 32.8 Å². The van der Waals surface area contributed by atoms with Crippen LogP contribution >= 0.6 is 0 Å². The minimum atomic E-state index is -0.561. The molecule has 5 heteroatoms. The van der Waals surface area contributed by atoms with E-state index in [9.17, 15) is 9.59 Å². The third-order valence-corrected chi connectivity index (χ3v) is 4.55. The van der Waals surface area contributed by atoms with E-state index in [0.717, 1.165) is 5.69 Å². The number of carbonyl (C=O) groups excluding carboxylic acids is 2. The normalized spacial score (nSPS) is 17.5. The lowest BCUT2D eigenvalue weighted by molar-refractivity contribution is -0.121. The summed E-state index contributed by atoms with van der Waals surface area (Å²) in [5.74, 6) is 0.146. The van der Waals surface area contributed by atoms with Crippen LogP contribution < -0.4 is 15.0 Å². The molecule has 1 fully saturated rings. The van der Waals surface area contributed by atoms with Crippen molar-refractivity contribution < 1.29 is 14.3 Å². The van der Waals surface area contributed by atoms with Crippen molar-refractivity contribution >= 4 is 23.2 Å². The third-order valence-electron chi connectivity index (χ3n) is 4.55. The van der Waals surface area contributed by atoms with Crippen molar-refractivity contribution in [3.63, 3.8) is 0 Å². The summed E-state index contributed by atoms with van der Waals surface area (Å²) < 4.78 is 5.18. The number of hydrogen-bond acceptors (Lipinski definition) is 4. The Balaban J connectivity index is 1.76. The number of nitrogens with one attached hydrogen (secondary N) is 1. The average molecular weight is 352 g/mol. The summed E-state index contributed by atoms with van der Waals surface area (Å²) in [6.45, 7) is 6.46. The fourth-order valence-electron chi connectivity index (χ4n) is 3.03. The zero-order valence-corrected chi connectivity index (χ0v) is 15.6. The van der Waals surface area contributed by atoms with Gasteiger partial charge in [0.25, 0.3) is 5.91 Å². The number of imide groups is 1. The first-order valence-corrected chi connectivity index (χ1v) is 8.67. The fourth-order valence-corrected chi connectivity index (χ4v) is 3.03. The van der Waals surface area contributed by atoms with Crippen molar-refractivity contribution in [2.24, 2.45) is 0 Å². The SMILES string of the molecule is COc1cccc(N2C(=O)CC(Nc3ccc(C(C)(C)C)cc3)C2=O)c1. The van der Waals surface area contributed by atoms with Crippen molar-refractivity contribution in [3.8, 4) is 5.75 Å². The lowest BCUT2D eigenvalue weighted by Crippen LogP contribution is -2.34. The number of amides is 2. The first-order valence-electron chi connectivity index (χ1n) is 8.67. The Morgan fingerprint density at radius 1 is 1.08 bits per heavy atom. The van der Waals surface area contributed by atoms with Crippen molar-refractivity contribution in [1.29, 1.82) is 0 Å². The van der Waals surface area contributed by atoms with Crippen LogP contribution in [0.25, 0.3) is 0 Å². The molecule has 1 N–H and O–H groups in total. The quantitative estimate of drug-likeness (QED) is 0.852. The fraction of sp³-hybridized carbons (Fsp3) is 0.333. The lowest BCUT2D eigenvalue weighted by Gasteiger charge is -2.20. The topological polar surface area (TPSA) is 58.6 Å². The van der Waals surface area contributed by atoms with Gasteiger partial charge in [0.15, 0.2) is 0 Å². The van der Waals surface area contributed by atoms with Gasteiger partial charge < -0.3 is 10.1 Å². The summed E-state index contributed by atoms with van der Waals surface area (Å²) >= 11 is 0. The second kappa shape index (κ2) is 6.83. The van der Waals surface area contributed by atoms with Crippen molar-refractivity contribution in [3.05, 3.63) is 54.1 Å². The molecule has 1 atom stereocenters. The highest BCUT2D eigenvalue weighted by Crippen LogP contribution is 2.28. The van der Waals surface area contributed by atoms with Gasteiger partial charge in [-0.3, -0.25) is 9.59 Å². The first kappa shape index (κ1) is 18.0. The molecule has 2 amide bonds. The number of carbonyl (C=O) groups is 2. The molecule has 5 nitrogen and oxygen atoms in total. The molecule has 2 aromatic carbocycles. The van der Waals surface area contributed by atoms with Crippen molar-refractivity contribution in [2.45, 2.75) is 38.6 Å². The van der Waals surface area contributed by atoms with Crippen LogP contribution in [0.3, 0.4) is 0 Å². The molecule has 0 radical (unpaired) electrons. The molecule has 3 rings (SSSR count).